The monoisotopic (exact) mass is 422 g/mol. The molecule has 2 amide bonds. The van der Waals surface area contributed by atoms with Crippen LogP contribution in [0.3, 0.4) is 0 Å². The number of nitrogens with one attached hydrogen (secondary N) is 2. The van der Waals surface area contributed by atoms with Crippen molar-refractivity contribution in [3.63, 3.8) is 0 Å². The Hall–Kier alpha value is -3.59. The Labute approximate surface area is 178 Å². The molecule has 0 spiro atoms. The maximum absolute atomic E-state index is 12.2. The molecule has 0 bridgehead atoms. The van der Waals surface area contributed by atoms with Crippen molar-refractivity contribution in [3.05, 3.63) is 70.2 Å². The normalized spacial score (nSPS) is 10.8. The van der Waals surface area contributed by atoms with E-state index in [9.17, 15) is 9.59 Å². The van der Waals surface area contributed by atoms with Crippen molar-refractivity contribution in [2.75, 3.05) is 24.3 Å². The van der Waals surface area contributed by atoms with E-state index in [4.69, 9.17) is 0 Å². The van der Waals surface area contributed by atoms with Crippen LogP contribution in [0.5, 0.6) is 0 Å². The predicted molar refractivity (Wildman–Crippen MR) is 119 cm³/mol. The standard InChI is InChI=1S/C21H22N6O2S/c1-14-4-8-16(9-5-14)20(29)23-21-26-25-19(30-21)12-18(28)24-22-13-15-6-10-17(11-7-15)27(2)3/h4-11,13H,12H2,1-3H3,(H,24,28)(H,23,26,29)/b22-13-. The van der Waals surface area contributed by atoms with Crippen LogP contribution in [0.4, 0.5) is 10.8 Å². The number of benzene rings is 2. The first-order chi connectivity index (χ1) is 14.4. The maximum Gasteiger partial charge on any atom is 0.257 e. The fourth-order valence-electron chi connectivity index (χ4n) is 2.46. The lowest BCUT2D eigenvalue weighted by atomic mass is 10.1. The summed E-state index contributed by atoms with van der Waals surface area (Å²) in [5.74, 6) is -0.587. The average molecular weight is 423 g/mol. The highest BCUT2D eigenvalue weighted by Gasteiger charge is 2.12. The molecule has 3 rings (SSSR count). The number of rotatable bonds is 7. The van der Waals surface area contributed by atoms with Crippen LogP contribution in [-0.4, -0.2) is 42.3 Å². The van der Waals surface area contributed by atoms with Crippen LogP contribution in [-0.2, 0) is 11.2 Å². The van der Waals surface area contributed by atoms with E-state index in [1.165, 1.54) is 0 Å². The zero-order chi connectivity index (χ0) is 21.5. The summed E-state index contributed by atoms with van der Waals surface area (Å²) in [6.07, 6.45) is 1.60. The van der Waals surface area contributed by atoms with Gasteiger partial charge in [-0.2, -0.15) is 5.10 Å². The van der Waals surface area contributed by atoms with Crippen molar-refractivity contribution in [2.24, 2.45) is 5.10 Å². The number of carbonyl (C=O) groups is 2. The SMILES string of the molecule is Cc1ccc(C(=O)Nc2nnc(CC(=O)N/N=C\c3ccc(N(C)C)cc3)s2)cc1. The van der Waals surface area contributed by atoms with E-state index >= 15 is 0 Å². The van der Waals surface area contributed by atoms with E-state index in [2.05, 4.69) is 26.0 Å². The number of anilines is 2. The smallest absolute Gasteiger partial charge is 0.257 e. The van der Waals surface area contributed by atoms with E-state index in [0.717, 1.165) is 28.2 Å². The van der Waals surface area contributed by atoms with Gasteiger partial charge in [-0.25, -0.2) is 5.43 Å². The second-order valence-electron chi connectivity index (χ2n) is 6.78. The minimum Gasteiger partial charge on any atom is -0.378 e. The van der Waals surface area contributed by atoms with Crippen LogP contribution in [0.2, 0.25) is 0 Å². The lowest BCUT2D eigenvalue weighted by molar-refractivity contribution is -0.120. The van der Waals surface area contributed by atoms with E-state index in [1.54, 1.807) is 18.3 Å². The largest absolute Gasteiger partial charge is 0.378 e. The number of carbonyl (C=O) groups excluding carboxylic acids is 2. The third kappa shape index (κ3) is 5.95. The van der Waals surface area contributed by atoms with Gasteiger partial charge in [0.25, 0.3) is 5.91 Å². The summed E-state index contributed by atoms with van der Waals surface area (Å²) in [4.78, 5) is 26.3. The van der Waals surface area contributed by atoms with Gasteiger partial charge < -0.3 is 4.90 Å². The fourth-order valence-corrected chi connectivity index (χ4v) is 3.20. The number of hydrazone groups is 1. The van der Waals surface area contributed by atoms with Crippen LogP contribution >= 0.6 is 11.3 Å². The maximum atomic E-state index is 12.2. The van der Waals surface area contributed by atoms with Gasteiger partial charge in [-0.15, -0.1) is 10.2 Å². The highest BCUT2D eigenvalue weighted by Crippen LogP contribution is 2.17. The number of aryl methyl sites for hydroxylation is 1. The Morgan fingerprint density at radius 2 is 1.77 bits per heavy atom. The summed E-state index contributed by atoms with van der Waals surface area (Å²) in [6, 6.07) is 15.0. The fraction of sp³-hybridized carbons (Fsp3) is 0.190. The molecule has 9 heteroatoms. The van der Waals surface area contributed by atoms with Crippen LogP contribution in [0.1, 0.15) is 26.5 Å². The number of amides is 2. The van der Waals surface area contributed by atoms with Gasteiger partial charge >= 0.3 is 0 Å². The zero-order valence-electron chi connectivity index (χ0n) is 16.9. The number of hydrogen-bond acceptors (Lipinski definition) is 7. The van der Waals surface area contributed by atoms with E-state index in [0.29, 0.717) is 15.7 Å². The van der Waals surface area contributed by atoms with Crippen molar-refractivity contribution in [1.82, 2.24) is 15.6 Å². The zero-order valence-corrected chi connectivity index (χ0v) is 17.7. The van der Waals surface area contributed by atoms with Crippen LogP contribution in [0.25, 0.3) is 0 Å². The van der Waals surface area contributed by atoms with Crippen LogP contribution in [0, 0.1) is 6.92 Å². The Kier molecular flexibility index (Phi) is 6.87. The number of aromatic nitrogens is 2. The second kappa shape index (κ2) is 9.75. The lowest BCUT2D eigenvalue weighted by Crippen LogP contribution is -2.19. The van der Waals surface area contributed by atoms with Gasteiger partial charge in [-0.3, -0.25) is 14.9 Å². The molecule has 0 aliphatic rings. The molecule has 1 aromatic heterocycles. The van der Waals surface area contributed by atoms with Gasteiger partial charge in [0.15, 0.2) is 0 Å². The van der Waals surface area contributed by atoms with Gasteiger partial charge in [0.1, 0.15) is 5.01 Å². The van der Waals surface area contributed by atoms with Crippen LogP contribution in [0.15, 0.2) is 53.6 Å². The molecule has 0 saturated carbocycles. The molecule has 0 aliphatic carbocycles. The highest BCUT2D eigenvalue weighted by molar-refractivity contribution is 7.15. The van der Waals surface area contributed by atoms with Gasteiger partial charge in [-0.05, 0) is 36.8 Å². The summed E-state index contributed by atoms with van der Waals surface area (Å²) < 4.78 is 0. The molecule has 8 nitrogen and oxygen atoms in total. The van der Waals surface area contributed by atoms with Gasteiger partial charge in [0, 0.05) is 25.3 Å². The molecule has 0 radical (unpaired) electrons. The topological polar surface area (TPSA) is 99.6 Å². The summed E-state index contributed by atoms with van der Waals surface area (Å²) in [7, 11) is 3.94. The van der Waals surface area contributed by atoms with Crippen molar-refractivity contribution in [1.29, 1.82) is 0 Å². The molecule has 2 aromatic carbocycles. The third-order valence-corrected chi connectivity index (χ3v) is 4.96. The average Bonchev–Trinajstić information content (AvgIpc) is 3.15. The van der Waals surface area contributed by atoms with Crippen molar-refractivity contribution in [2.45, 2.75) is 13.3 Å². The molecule has 0 saturated heterocycles. The van der Waals surface area contributed by atoms with Crippen LogP contribution < -0.4 is 15.6 Å². The van der Waals surface area contributed by atoms with Crippen molar-refractivity contribution < 1.29 is 9.59 Å². The summed E-state index contributed by atoms with van der Waals surface area (Å²) in [5, 5.41) is 15.3. The molecule has 2 N–H and O–H groups in total. The van der Waals surface area contributed by atoms with Gasteiger partial charge in [-0.1, -0.05) is 41.2 Å². The van der Waals surface area contributed by atoms with Gasteiger partial charge in [0.05, 0.1) is 12.6 Å². The Morgan fingerprint density at radius 3 is 2.43 bits per heavy atom. The number of hydrogen-bond donors (Lipinski definition) is 2. The van der Waals surface area contributed by atoms with Crippen molar-refractivity contribution in [3.8, 4) is 0 Å². The van der Waals surface area contributed by atoms with Gasteiger partial charge in [0.2, 0.25) is 11.0 Å². The molecule has 1 heterocycles. The molecular formula is C21H22N6O2S. The second-order valence-corrected chi connectivity index (χ2v) is 7.84. The van der Waals surface area contributed by atoms with E-state index in [1.807, 2.05) is 62.3 Å². The van der Waals surface area contributed by atoms with E-state index < -0.39 is 0 Å². The molecule has 0 atom stereocenters. The van der Waals surface area contributed by atoms with Crippen molar-refractivity contribution >= 4 is 40.2 Å². The molecule has 30 heavy (non-hydrogen) atoms. The molecule has 0 unspecified atom stereocenters. The summed E-state index contributed by atoms with van der Waals surface area (Å²) in [6.45, 7) is 1.95. The highest BCUT2D eigenvalue weighted by atomic mass is 32.1. The molecule has 0 aliphatic heterocycles. The summed E-state index contributed by atoms with van der Waals surface area (Å²) in [5.41, 5.74) is 6.03. The molecular weight excluding hydrogens is 400 g/mol. The molecule has 0 fully saturated rings. The minimum absolute atomic E-state index is 0.0228. The Balaban J connectivity index is 1.49. The number of nitrogens with zero attached hydrogens (tertiary/aromatic N) is 4. The third-order valence-electron chi connectivity index (χ3n) is 4.13. The molecule has 3 aromatic rings. The molecule has 154 valence electrons. The first kappa shape index (κ1) is 21.1. The lowest BCUT2D eigenvalue weighted by Gasteiger charge is -2.11. The predicted octanol–water partition coefficient (Wildman–Crippen LogP) is 2.86. The van der Waals surface area contributed by atoms with E-state index in [-0.39, 0.29) is 18.2 Å². The Morgan fingerprint density at radius 1 is 1.07 bits per heavy atom. The first-order valence-corrected chi connectivity index (χ1v) is 10.0. The minimum atomic E-state index is -0.316. The first-order valence-electron chi connectivity index (χ1n) is 9.20. The summed E-state index contributed by atoms with van der Waals surface area (Å²) >= 11 is 1.15. The Bertz CT molecular complexity index is 1040. The quantitative estimate of drug-likeness (QED) is 0.451.